The van der Waals surface area contributed by atoms with Gasteiger partial charge in [0.1, 0.15) is 0 Å². The minimum atomic E-state index is -2.68. The highest BCUT2D eigenvalue weighted by Gasteiger charge is 2.44. The molecule has 6 nitrogen and oxygen atoms in total. The van der Waals surface area contributed by atoms with Gasteiger partial charge in [0.25, 0.3) is 0 Å². The first-order valence-electron chi connectivity index (χ1n) is 11.7. The lowest BCUT2D eigenvalue weighted by Gasteiger charge is -2.41. The molecule has 1 atom stereocenters. The fourth-order valence-electron chi connectivity index (χ4n) is 4.98. The summed E-state index contributed by atoms with van der Waals surface area (Å²) in [6, 6.07) is 9.21. The Morgan fingerprint density at radius 2 is 1.88 bits per heavy atom. The summed E-state index contributed by atoms with van der Waals surface area (Å²) < 4.78 is 27.2. The molecule has 180 valence electrons. The second-order valence-corrected chi connectivity index (χ2v) is 10.2. The van der Waals surface area contributed by atoms with Crippen molar-refractivity contribution in [2.24, 2.45) is 10.7 Å². The van der Waals surface area contributed by atoms with Crippen LogP contribution in [-0.2, 0) is 10.3 Å². The Bertz CT molecular complexity index is 1120. The number of alkyl halides is 2. The quantitative estimate of drug-likeness (QED) is 0.567. The summed E-state index contributed by atoms with van der Waals surface area (Å²) in [7, 11) is 0. The Morgan fingerprint density at radius 3 is 2.50 bits per heavy atom. The molecule has 0 spiro atoms. The summed E-state index contributed by atoms with van der Waals surface area (Å²) in [5.41, 5.74) is 8.55. The van der Waals surface area contributed by atoms with Crippen LogP contribution in [0.5, 0.6) is 0 Å². The number of carbonyl (C=O) groups excluding carboxylic acids is 1. The minimum Gasteiger partial charge on any atom is -0.369 e. The minimum absolute atomic E-state index is 0.0570. The van der Waals surface area contributed by atoms with E-state index >= 15 is 0 Å². The van der Waals surface area contributed by atoms with Crippen LogP contribution in [0.4, 0.5) is 20.2 Å². The van der Waals surface area contributed by atoms with Gasteiger partial charge in [0, 0.05) is 36.1 Å². The van der Waals surface area contributed by atoms with E-state index in [1.165, 1.54) is 17.7 Å². The van der Waals surface area contributed by atoms with Gasteiger partial charge in [-0.1, -0.05) is 23.7 Å². The molecule has 0 radical (unpaired) electrons. The maximum atomic E-state index is 13.6. The summed E-state index contributed by atoms with van der Waals surface area (Å²) in [4.78, 5) is 23.7. The van der Waals surface area contributed by atoms with Crippen LogP contribution in [0.3, 0.4) is 0 Å². The number of carbonyl (C=O) groups is 1. The van der Waals surface area contributed by atoms with Crippen LogP contribution < -0.4 is 11.1 Å². The van der Waals surface area contributed by atoms with Crippen LogP contribution in [-0.4, -0.2) is 33.7 Å². The predicted octanol–water partition coefficient (Wildman–Crippen LogP) is 5.70. The Labute approximate surface area is 202 Å². The lowest BCUT2D eigenvalue weighted by atomic mass is 9.85. The molecule has 1 aromatic heterocycles. The molecule has 2 fully saturated rings. The molecule has 34 heavy (non-hydrogen) atoms. The molecule has 0 bridgehead atoms. The highest BCUT2D eigenvalue weighted by atomic mass is 35.5. The van der Waals surface area contributed by atoms with Crippen molar-refractivity contribution in [2.45, 2.75) is 75.3 Å². The molecule has 1 amide bonds. The van der Waals surface area contributed by atoms with Crippen LogP contribution in [0.1, 0.15) is 69.0 Å². The molecule has 2 aromatic rings. The smallest absolute Gasteiger partial charge is 0.248 e. The van der Waals surface area contributed by atoms with E-state index in [-0.39, 0.29) is 50.0 Å². The van der Waals surface area contributed by atoms with Crippen LogP contribution in [0.25, 0.3) is 0 Å². The first kappa shape index (κ1) is 23.0. The number of hydrogen-bond acceptors (Lipinski definition) is 5. The topological polar surface area (TPSA) is 83.6 Å². The lowest BCUT2D eigenvalue weighted by Crippen LogP contribution is -2.55. The van der Waals surface area contributed by atoms with Gasteiger partial charge in [-0.3, -0.25) is 14.7 Å². The number of anilines is 2. The van der Waals surface area contributed by atoms with Crippen molar-refractivity contribution in [3.8, 4) is 0 Å². The second-order valence-electron chi connectivity index (χ2n) is 9.81. The van der Waals surface area contributed by atoms with Crippen molar-refractivity contribution >= 4 is 34.8 Å². The lowest BCUT2D eigenvalue weighted by molar-refractivity contribution is -0.133. The molecule has 5 rings (SSSR count). The second kappa shape index (κ2) is 8.48. The van der Waals surface area contributed by atoms with Gasteiger partial charge >= 0.3 is 0 Å². The zero-order chi connectivity index (χ0) is 24.1. The molecule has 0 unspecified atom stereocenters. The van der Waals surface area contributed by atoms with Gasteiger partial charge in [-0.2, -0.15) is 0 Å². The molecule has 1 aliphatic heterocycles. The summed E-state index contributed by atoms with van der Waals surface area (Å²) in [5.74, 6) is -2.26. The van der Waals surface area contributed by atoms with E-state index in [1.807, 2.05) is 37.3 Å². The molecule has 3 aliphatic rings. The zero-order valence-electron chi connectivity index (χ0n) is 19.0. The molecule has 2 saturated carbocycles. The van der Waals surface area contributed by atoms with Crippen molar-refractivity contribution in [2.75, 3.05) is 5.32 Å². The van der Waals surface area contributed by atoms with Gasteiger partial charge in [0.05, 0.1) is 34.6 Å². The largest absolute Gasteiger partial charge is 0.369 e. The summed E-state index contributed by atoms with van der Waals surface area (Å²) in [5, 5.41) is 3.76. The van der Waals surface area contributed by atoms with Crippen molar-refractivity contribution < 1.29 is 13.6 Å². The van der Waals surface area contributed by atoms with Gasteiger partial charge in [-0.25, -0.2) is 13.8 Å². The number of benzene rings is 1. The SMILES string of the molecule is C[C@@]1(c2cccc(Nc3ccc(C4CC4)nc3)c2Cl)CC(=O)N(C2CCC(F)(F)CC2)C(N)=N1. The maximum Gasteiger partial charge on any atom is 0.248 e. The highest BCUT2D eigenvalue weighted by molar-refractivity contribution is 6.34. The number of pyridine rings is 1. The molecular formula is C25H28ClF2N5O. The number of amides is 1. The summed E-state index contributed by atoms with van der Waals surface area (Å²) in [6.07, 6.45) is 4.16. The molecule has 9 heteroatoms. The number of rotatable bonds is 5. The fourth-order valence-corrected chi connectivity index (χ4v) is 5.36. The molecule has 2 aliphatic carbocycles. The number of aromatic nitrogens is 1. The third-order valence-corrected chi connectivity index (χ3v) is 7.47. The first-order valence-corrected chi connectivity index (χ1v) is 12.1. The summed E-state index contributed by atoms with van der Waals surface area (Å²) in [6.45, 7) is 1.82. The highest BCUT2D eigenvalue weighted by Crippen LogP contribution is 2.43. The zero-order valence-corrected chi connectivity index (χ0v) is 19.8. The number of guanidine groups is 1. The third kappa shape index (κ3) is 4.48. The van der Waals surface area contributed by atoms with Gasteiger partial charge < -0.3 is 11.1 Å². The van der Waals surface area contributed by atoms with E-state index in [1.54, 1.807) is 6.20 Å². The number of nitrogens with one attached hydrogen (secondary N) is 1. The number of nitrogens with two attached hydrogens (primary N) is 1. The monoisotopic (exact) mass is 487 g/mol. The average Bonchev–Trinajstić information content (AvgIpc) is 3.62. The Morgan fingerprint density at radius 1 is 1.15 bits per heavy atom. The van der Waals surface area contributed by atoms with Crippen LogP contribution in [0.15, 0.2) is 41.5 Å². The predicted molar refractivity (Wildman–Crippen MR) is 129 cm³/mol. The van der Waals surface area contributed by atoms with Gasteiger partial charge in [0.15, 0.2) is 5.96 Å². The maximum absolute atomic E-state index is 13.6. The van der Waals surface area contributed by atoms with E-state index < -0.39 is 11.5 Å². The normalized spacial score (nSPS) is 25.2. The standard InChI is InChI=1S/C25H28ClF2N5O/c1-24(13-21(34)33(23(29)32-24)17-9-11-25(27,28)12-10-17)18-3-2-4-20(22(18)26)31-16-7-8-19(30-14-16)15-5-6-15/h2-4,7-8,14-15,17,31H,5-6,9-13H2,1H3,(H2,29,32)/t24-/m0/s1. The van der Waals surface area contributed by atoms with Gasteiger partial charge in [-0.05, 0) is 50.8 Å². The van der Waals surface area contributed by atoms with E-state index in [0.717, 1.165) is 11.4 Å². The first-order chi connectivity index (χ1) is 16.2. The molecular weight excluding hydrogens is 460 g/mol. The van der Waals surface area contributed by atoms with E-state index in [4.69, 9.17) is 17.3 Å². The number of halogens is 3. The Hall–Kier alpha value is -2.74. The molecule has 3 N–H and O–H groups in total. The van der Waals surface area contributed by atoms with Crippen molar-refractivity contribution in [3.05, 3.63) is 52.8 Å². The molecule has 0 saturated heterocycles. The van der Waals surface area contributed by atoms with Crippen molar-refractivity contribution in [1.82, 2.24) is 9.88 Å². The van der Waals surface area contributed by atoms with Crippen LogP contribution in [0, 0.1) is 0 Å². The number of aliphatic imine (C=N–C) groups is 1. The van der Waals surface area contributed by atoms with E-state index in [9.17, 15) is 13.6 Å². The fraction of sp³-hybridized carbons (Fsp3) is 0.480. The van der Waals surface area contributed by atoms with E-state index in [0.29, 0.717) is 22.2 Å². The number of nitrogens with zero attached hydrogens (tertiary/aromatic N) is 3. The summed E-state index contributed by atoms with van der Waals surface area (Å²) >= 11 is 6.78. The van der Waals surface area contributed by atoms with Crippen molar-refractivity contribution in [3.63, 3.8) is 0 Å². The average molecular weight is 488 g/mol. The number of hydrogen-bond donors (Lipinski definition) is 2. The van der Waals surface area contributed by atoms with Gasteiger partial charge in [0.2, 0.25) is 11.8 Å². The van der Waals surface area contributed by atoms with Crippen LogP contribution in [0.2, 0.25) is 5.02 Å². The van der Waals surface area contributed by atoms with Gasteiger partial charge in [-0.15, -0.1) is 0 Å². The van der Waals surface area contributed by atoms with Crippen LogP contribution >= 0.6 is 11.6 Å². The van der Waals surface area contributed by atoms with E-state index in [2.05, 4.69) is 15.3 Å². The molecule has 2 heterocycles. The molecule has 1 aromatic carbocycles. The Kier molecular flexibility index (Phi) is 5.74. The Balaban J connectivity index is 1.37. The van der Waals surface area contributed by atoms with Crippen molar-refractivity contribution in [1.29, 1.82) is 0 Å². The third-order valence-electron chi connectivity index (χ3n) is 7.06.